The maximum Gasteiger partial charge on any atom is 0.311 e. The number of rotatable bonds is 10. The van der Waals surface area contributed by atoms with E-state index in [1.54, 1.807) is 7.11 Å². The Kier molecular flexibility index (Phi) is 8.94. The van der Waals surface area contributed by atoms with Crippen molar-refractivity contribution < 1.29 is 19.0 Å². The Morgan fingerprint density at radius 2 is 1.94 bits per heavy atom. The summed E-state index contributed by atoms with van der Waals surface area (Å²) in [5.41, 5.74) is 2.35. The number of hydrogen-bond acceptors (Lipinski definition) is 6. The molecule has 6 nitrogen and oxygen atoms in total. The lowest BCUT2D eigenvalue weighted by molar-refractivity contribution is -0.153. The molecule has 0 bridgehead atoms. The van der Waals surface area contributed by atoms with Crippen molar-refractivity contribution >= 4 is 5.97 Å². The van der Waals surface area contributed by atoms with Gasteiger partial charge in [0.1, 0.15) is 18.1 Å². The van der Waals surface area contributed by atoms with Gasteiger partial charge >= 0.3 is 5.97 Å². The Morgan fingerprint density at radius 1 is 1.16 bits per heavy atom. The summed E-state index contributed by atoms with van der Waals surface area (Å²) in [6.45, 7) is 7.50. The first-order valence-corrected chi connectivity index (χ1v) is 11.5. The smallest absolute Gasteiger partial charge is 0.311 e. The van der Waals surface area contributed by atoms with Gasteiger partial charge in [0.15, 0.2) is 0 Å². The quantitative estimate of drug-likeness (QED) is 0.447. The topological polar surface area (TPSA) is 60.0 Å². The molecule has 1 aliphatic heterocycles. The van der Waals surface area contributed by atoms with Gasteiger partial charge < -0.3 is 19.5 Å². The van der Waals surface area contributed by atoms with Crippen LogP contribution in [-0.2, 0) is 16.1 Å². The Hall–Kier alpha value is -2.57. The lowest BCUT2D eigenvalue weighted by Gasteiger charge is -2.43. The third-order valence-electron chi connectivity index (χ3n) is 6.27. The highest BCUT2D eigenvalue weighted by molar-refractivity contribution is 5.75. The molecule has 0 aromatic heterocycles. The molecule has 1 heterocycles. The van der Waals surface area contributed by atoms with Gasteiger partial charge in [0.25, 0.3) is 0 Å². The molecule has 174 valence electrons. The highest BCUT2D eigenvalue weighted by atomic mass is 16.5. The van der Waals surface area contributed by atoms with E-state index in [0.717, 1.165) is 43.1 Å². The van der Waals surface area contributed by atoms with Gasteiger partial charge in [-0.2, -0.15) is 0 Å². The molecule has 2 aromatic rings. The van der Waals surface area contributed by atoms with Crippen LogP contribution in [0.5, 0.6) is 11.5 Å². The van der Waals surface area contributed by atoms with Gasteiger partial charge in [-0.25, -0.2) is 0 Å². The lowest BCUT2D eigenvalue weighted by Crippen LogP contribution is -2.49. The highest BCUT2D eigenvalue weighted by Gasteiger charge is 2.41. The van der Waals surface area contributed by atoms with Crippen LogP contribution in [0.3, 0.4) is 0 Å². The van der Waals surface area contributed by atoms with Gasteiger partial charge in [-0.1, -0.05) is 24.3 Å². The van der Waals surface area contributed by atoms with E-state index in [0.29, 0.717) is 13.2 Å². The molecule has 1 N–H and O–H groups in total. The summed E-state index contributed by atoms with van der Waals surface area (Å²) in [5, 5.41) is 3.09. The highest BCUT2D eigenvalue weighted by Crippen LogP contribution is 2.39. The normalized spacial score (nSPS) is 21.2. The number of ether oxygens (including phenoxy) is 3. The van der Waals surface area contributed by atoms with Gasteiger partial charge in [0.2, 0.25) is 0 Å². The van der Waals surface area contributed by atoms with Gasteiger partial charge in [-0.15, -0.1) is 0 Å². The third-order valence-corrected chi connectivity index (χ3v) is 6.27. The fourth-order valence-corrected chi connectivity index (χ4v) is 4.52. The summed E-state index contributed by atoms with van der Waals surface area (Å²) >= 11 is 0. The fourth-order valence-electron chi connectivity index (χ4n) is 4.52. The van der Waals surface area contributed by atoms with Crippen molar-refractivity contribution in [3.63, 3.8) is 0 Å². The minimum atomic E-state index is -0.227. The van der Waals surface area contributed by atoms with Crippen molar-refractivity contribution in [1.82, 2.24) is 10.2 Å². The Labute approximate surface area is 191 Å². The summed E-state index contributed by atoms with van der Waals surface area (Å²) in [6, 6.07) is 16.4. The maximum atomic E-state index is 13.1. The molecular formula is C26H36N2O4. The number of carbonyl (C=O) groups excluding carboxylic acids is 1. The zero-order valence-electron chi connectivity index (χ0n) is 19.7. The van der Waals surface area contributed by atoms with Crippen LogP contribution in [0.25, 0.3) is 0 Å². The minimum Gasteiger partial charge on any atom is -0.497 e. The molecule has 1 aliphatic rings. The lowest BCUT2D eigenvalue weighted by atomic mass is 9.76. The number of esters is 1. The van der Waals surface area contributed by atoms with Crippen molar-refractivity contribution in [2.75, 3.05) is 40.5 Å². The number of benzene rings is 2. The summed E-state index contributed by atoms with van der Waals surface area (Å²) in [6.07, 6.45) is 0.893. The molecule has 0 radical (unpaired) electrons. The van der Waals surface area contributed by atoms with E-state index in [-0.39, 0.29) is 23.8 Å². The summed E-state index contributed by atoms with van der Waals surface area (Å²) in [4.78, 5) is 15.4. The van der Waals surface area contributed by atoms with Crippen LogP contribution >= 0.6 is 0 Å². The number of likely N-dealkylation sites (tertiary alicyclic amines) is 1. The number of hydrogen-bond donors (Lipinski definition) is 1. The van der Waals surface area contributed by atoms with E-state index in [2.05, 4.69) is 41.4 Å². The molecule has 1 fully saturated rings. The fraction of sp³-hybridized carbons (Fsp3) is 0.500. The van der Waals surface area contributed by atoms with Crippen LogP contribution in [0, 0.1) is 5.92 Å². The van der Waals surface area contributed by atoms with Crippen molar-refractivity contribution in [3.05, 3.63) is 59.7 Å². The van der Waals surface area contributed by atoms with Crippen LogP contribution in [0.4, 0.5) is 0 Å². The number of methoxy groups -OCH3 is 1. The SMILES string of the molecule is CCOC(=O)[C@H]1[C@@H](c2cccc(OCCNC)c2)CCN(Cc2ccc(OC)cc2)[C@H]1C. The molecule has 0 saturated carbocycles. The van der Waals surface area contributed by atoms with Gasteiger partial charge in [0, 0.05) is 25.0 Å². The third kappa shape index (κ3) is 6.02. The van der Waals surface area contributed by atoms with Gasteiger partial charge in [-0.3, -0.25) is 9.69 Å². The van der Waals surface area contributed by atoms with Gasteiger partial charge in [0.05, 0.1) is 19.6 Å². The van der Waals surface area contributed by atoms with Crippen LogP contribution in [0.15, 0.2) is 48.5 Å². The average molecular weight is 441 g/mol. The first-order chi connectivity index (χ1) is 15.6. The Morgan fingerprint density at radius 3 is 2.62 bits per heavy atom. The standard InChI is InChI=1S/C26H36N2O4/c1-5-31-26(29)25-19(2)28(18-20-9-11-22(30-4)12-10-20)15-13-24(25)21-7-6-8-23(17-21)32-16-14-27-3/h6-12,17,19,24-25,27H,5,13-16,18H2,1-4H3/t19-,24+,25+/m0/s1. The van der Waals surface area contributed by atoms with E-state index in [9.17, 15) is 4.79 Å². The van der Waals surface area contributed by atoms with E-state index in [1.807, 2.05) is 38.2 Å². The van der Waals surface area contributed by atoms with E-state index < -0.39 is 0 Å². The largest absolute Gasteiger partial charge is 0.497 e. The van der Waals surface area contributed by atoms with Crippen molar-refractivity contribution in [3.8, 4) is 11.5 Å². The molecule has 3 atom stereocenters. The second-order valence-electron chi connectivity index (χ2n) is 8.26. The molecule has 3 rings (SSSR count). The zero-order chi connectivity index (χ0) is 22.9. The first kappa shape index (κ1) is 24.1. The molecule has 6 heteroatoms. The maximum absolute atomic E-state index is 13.1. The number of piperidine rings is 1. The summed E-state index contributed by atoms with van der Waals surface area (Å²) in [5.74, 6) is 1.44. The van der Waals surface area contributed by atoms with Crippen LogP contribution in [0.1, 0.15) is 37.3 Å². The zero-order valence-corrected chi connectivity index (χ0v) is 19.7. The number of carbonyl (C=O) groups is 1. The number of nitrogens with one attached hydrogen (secondary N) is 1. The molecule has 1 saturated heterocycles. The molecule has 0 aliphatic carbocycles. The van der Waals surface area contributed by atoms with E-state index in [1.165, 1.54) is 5.56 Å². The van der Waals surface area contributed by atoms with Crippen LogP contribution in [-0.4, -0.2) is 57.4 Å². The number of likely N-dealkylation sites (N-methyl/N-ethyl adjacent to an activating group) is 1. The predicted molar refractivity (Wildman–Crippen MR) is 126 cm³/mol. The van der Waals surface area contributed by atoms with E-state index >= 15 is 0 Å². The number of nitrogens with zero attached hydrogens (tertiary/aromatic N) is 1. The molecule has 0 unspecified atom stereocenters. The predicted octanol–water partition coefficient (Wildman–Crippen LogP) is 3.85. The Bertz CT molecular complexity index is 855. The molecule has 2 aromatic carbocycles. The summed E-state index contributed by atoms with van der Waals surface area (Å²) < 4.78 is 16.7. The average Bonchev–Trinajstić information content (AvgIpc) is 2.81. The molecule has 0 spiro atoms. The summed E-state index contributed by atoms with van der Waals surface area (Å²) in [7, 11) is 3.58. The molecular weight excluding hydrogens is 404 g/mol. The van der Waals surface area contributed by atoms with Crippen LogP contribution < -0.4 is 14.8 Å². The minimum absolute atomic E-state index is 0.0590. The van der Waals surface area contributed by atoms with Crippen molar-refractivity contribution in [2.45, 2.75) is 38.8 Å². The first-order valence-electron chi connectivity index (χ1n) is 11.5. The van der Waals surface area contributed by atoms with E-state index in [4.69, 9.17) is 14.2 Å². The van der Waals surface area contributed by atoms with Crippen molar-refractivity contribution in [1.29, 1.82) is 0 Å². The second-order valence-corrected chi connectivity index (χ2v) is 8.26. The molecule has 32 heavy (non-hydrogen) atoms. The monoisotopic (exact) mass is 440 g/mol. The molecule has 0 amide bonds. The van der Waals surface area contributed by atoms with Crippen LogP contribution in [0.2, 0.25) is 0 Å². The van der Waals surface area contributed by atoms with Crippen molar-refractivity contribution in [2.24, 2.45) is 5.92 Å². The Balaban J connectivity index is 1.79. The second kappa shape index (κ2) is 11.9. The van der Waals surface area contributed by atoms with Gasteiger partial charge in [-0.05, 0) is 69.3 Å².